The Balaban J connectivity index is 2.46. The van der Waals surface area contributed by atoms with E-state index in [0.717, 1.165) is 19.8 Å². The van der Waals surface area contributed by atoms with Crippen LogP contribution in [0.15, 0.2) is 18.2 Å². The summed E-state index contributed by atoms with van der Waals surface area (Å²) in [6.45, 7) is 16.3. The normalized spacial score (nSPS) is 20.6. The van der Waals surface area contributed by atoms with E-state index in [2.05, 4.69) is 64.6 Å². The molecule has 2 heteroatoms. The minimum absolute atomic E-state index is 0.194. The standard InChI is InChI=1S/C18H29NO/c1-13(2)16-8-7-15(18(4,5)6)11-17(16)19-9-10-20-12-14(19)3/h7-8,11,13-14H,9-10,12H2,1-6H3. The number of ether oxygens (including phenoxy) is 1. The van der Waals surface area contributed by atoms with Gasteiger partial charge in [-0.25, -0.2) is 0 Å². The van der Waals surface area contributed by atoms with Crippen LogP contribution in [-0.4, -0.2) is 25.8 Å². The van der Waals surface area contributed by atoms with Crippen LogP contribution in [0, 0.1) is 0 Å². The first-order chi connectivity index (χ1) is 9.30. The minimum atomic E-state index is 0.194. The molecular weight excluding hydrogens is 246 g/mol. The average molecular weight is 275 g/mol. The molecule has 1 aromatic carbocycles. The molecule has 1 saturated heterocycles. The molecule has 0 aromatic heterocycles. The molecule has 1 unspecified atom stereocenters. The molecule has 1 fully saturated rings. The number of hydrogen-bond donors (Lipinski definition) is 0. The predicted octanol–water partition coefficient (Wildman–Crippen LogP) is 4.33. The summed E-state index contributed by atoms with van der Waals surface area (Å²) in [5.74, 6) is 0.550. The Morgan fingerprint density at radius 2 is 1.95 bits per heavy atom. The zero-order chi connectivity index (χ0) is 14.9. The molecule has 0 N–H and O–H groups in total. The first kappa shape index (κ1) is 15.4. The first-order valence-corrected chi connectivity index (χ1v) is 7.79. The van der Waals surface area contributed by atoms with Crippen LogP contribution in [0.1, 0.15) is 58.6 Å². The fourth-order valence-corrected chi connectivity index (χ4v) is 2.83. The Morgan fingerprint density at radius 3 is 2.50 bits per heavy atom. The third kappa shape index (κ3) is 3.17. The highest BCUT2D eigenvalue weighted by Gasteiger charge is 2.24. The maximum Gasteiger partial charge on any atom is 0.0668 e. The second kappa shape index (κ2) is 5.77. The van der Waals surface area contributed by atoms with Crippen molar-refractivity contribution in [3.63, 3.8) is 0 Å². The molecule has 0 bridgehead atoms. The van der Waals surface area contributed by atoms with Crippen LogP contribution in [0.3, 0.4) is 0 Å². The van der Waals surface area contributed by atoms with E-state index in [9.17, 15) is 0 Å². The maximum absolute atomic E-state index is 5.59. The van der Waals surface area contributed by atoms with Gasteiger partial charge < -0.3 is 9.64 Å². The van der Waals surface area contributed by atoms with E-state index < -0.39 is 0 Å². The quantitative estimate of drug-likeness (QED) is 0.796. The van der Waals surface area contributed by atoms with Crippen molar-refractivity contribution in [1.29, 1.82) is 0 Å². The van der Waals surface area contributed by atoms with Crippen LogP contribution in [-0.2, 0) is 10.2 Å². The molecule has 112 valence electrons. The van der Waals surface area contributed by atoms with Gasteiger partial charge in [-0.05, 0) is 35.4 Å². The zero-order valence-corrected chi connectivity index (χ0v) is 13.9. The molecule has 0 aliphatic carbocycles. The fraction of sp³-hybridized carbons (Fsp3) is 0.667. The number of hydrogen-bond acceptors (Lipinski definition) is 2. The lowest BCUT2D eigenvalue weighted by Crippen LogP contribution is -2.44. The van der Waals surface area contributed by atoms with Crippen molar-refractivity contribution in [2.24, 2.45) is 0 Å². The van der Waals surface area contributed by atoms with Gasteiger partial charge in [-0.3, -0.25) is 0 Å². The Labute approximate surface area is 124 Å². The molecule has 20 heavy (non-hydrogen) atoms. The third-order valence-electron chi connectivity index (χ3n) is 4.20. The lowest BCUT2D eigenvalue weighted by atomic mass is 9.84. The number of morpholine rings is 1. The Bertz CT molecular complexity index is 459. The van der Waals surface area contributed by atoms with Gasteiger partial charge in [0, 0.05) is 18.3 Å². The summed E-state index contributed by atoms with van der Waals surface area (Å²) >= 11 is 0. The molecule has 1 aliphatic heterocycles. The maximum atomic E-state index is 5.59. The van der Waals surface area contributed by atoms with Gasteiger partial charge in [0.2, 0.25) is 0 Å². The van der Waals surface area contributed by atoms with E-state index in [1.807, 2.05) is 0 Å². The van der Waals surface area contributed by atoms with Crippen LogP contribution in [0.4, 0.5) is 5.69 Å². The molecule has 0 radical (unpaired) electrons. The molecule has 0 amide bonds. The number of benzene rings is 1. The van der Waals surface area contributed by atoms with Gasteiger partial charge in [-0.15, -0.1) is 0 Å². The second-order valence-corrected chi connectivity index (χ2v) is 7.30. The van der Waals surface area contributed by atoms with Crippen LogP contribution < -0.4 is 4.90 Å². The fourth-order valence-electron chi connectivity index (χ4n) is 2.83. The van der Waals surface area contributed by atoms with Crippen molar-refractivity contribution in [2.75, 3.05) is 24.7 Å². The smallest absolute Gasteiger partial charge is 0.0668 e. The summed E-state index contributed by atoms with van der Waals surface area (Å²) in [5.41, 5.74) is 4.46. The zero-order valence-electron chi connectivity index (χ0n) is 13.9. The summed E-state index contributed by atoms with van der Waals surface area (Å²) < 4.78 is 5.59. The van der Waals surface area contributed by atoms with Crippen LogP contribution >= 0.6 is 0 Å². The molecular formula is C18H29NO. The van der Waals surface area contributed by atoms with Gasteiger partial charge in [0.15, 0.2) is 0 Å². The molecule has 1 aromatic rings. The average Bonchev–Trinajstić information content (AvgIpc) is 2.37. The molecule has 2 rings (SSSR count). The molecule has 0 spiro atoms. The predicted molar refractivity (Wildman–Crippen MR) is 86.9 cm³/mol. The largest absolute Gasteiger partial charge is 0.377 e. The SMILES string of the molecule is CC(C)c1ccc(C(C)(C)C)cc1N1CCOCC1C. The van der Waals surface area contributed by atoms with Gasteiger partial charge in [-0.2, -0.15) is 0 Å². The van der Waals surface area contributed by atoms with Crippen molar-refractivity contribution in [1.82, 2.24) is 0 Å². The number of rotatable bonds is 2. The summed E-state index contributed by atoms with van der Waals surface area (Å²) in [6, 6.07) is 7.47. The molecule has 1 atom stereocenters. The van der Waals surface area contributed by atoms with Gasteiger partial charge in [-0.1, -0.05) is 46.8 Å². The highest BCUT2D eigenvalue weighted by Crippen LogP contribution is 2.34. The molecule has 2 nitrogen and oxygen atoms in total. The van der Waals surface area contributed by atoms with Crippen molar-refractivity contribution >= 4 is 5.69 Å². The summed E-state index contributed by atoms with van der Waals surface area (Å²) in [6.07, 6.45) is 0. The van der Waals surface area contributed by atoms with E-state index in [4.69, 9.17) is 4.74 Å². The monoisotopic (exact) mass is 275 g/mol. The van der Waals surface area contributed by atoms with Gasteiger partial charge in [0.05, 0.1) is 13.2 Å². The molecule has 1 heterocycles. The van der Waals surface area contributed by atoms with Gasteiger partial charge >= 0.3 is 0 Å². The number of anilines is 1. The molecule has 1 aliphatic rings. The second-order valence-electron chi connectivity index (χ2n) is 7.30. The number of nitrogens with zero attached hydrogens (tertiary/aromatic N) is 1. The third-order valence-corrected chi connectivity index (χ3v) is 4.20. The van der Waals surface area contributed by atoms with Gasteiger partial charge in [0.1, 0.15) is 0 Å². The van der Waals surface area contributed by atoms with Crippen molar-refractivity contribution in [3.05, 3.63) is 29.3 Å². The topological polar surface area (TPSA) is 12.5 Å². The van der Waals surface area contributed by atoms with E-state index in [1.54, 1.807) is 0 Å². The van der Waals surface area contributed by atoms with Gasteiger partial charge in [0.25, 0.3) is 0 Å². The lowest BCUT2D eigenvalue weighted by Gasteiger charge is -2.38. The van der Waals surface area contributed by atoms with Crippen molar-refractivity contribution in [3.8, 4) is 0 Å². The Kier molecular flexibility index (Phi) is 4.43. The van der Waals surface area contributed by atoms with Crippen molar-refractivity contribution < 1.29 is 4.74 Å². The molecule has 0 saturated carbocycles. The Morgan fingerprint density at radius 1 is 1.25 bits per heavy atom. The summed E-state index contributed by atoms with van der Waals surface area (Å²) in [7, 11) is 0. The van der Waals surface area contributed by atoms with Crippen LogP contribution in [0.25, 0.3) is 0 Å². The van der Waals surface area contributed by atoms with E-state index in [-0.39, 0.29) is 5.41 Å². The highest BCUT2D eigenvalue weighted by molar-refractivity contribution is 5.58. The van der Waals surface area contributed by atoms with Crippen molar-refractivity contribution in [2.45, 2.75) is 58.9 Å². The van der Waals surface area contributed by atoms with E-state index >= 15 is 0 Å². The van der Waals surface area contributed by atoms with Crippen LogP contribution in [0.2, 0.25) is 0 Å². The van der Waals surface area contributed by atoms with E-state index in [0.29, 0.717) is 12.0 Å². The van der Waals surface area contributed by atoms with E-state index in [1.165, 1.54) is 16.8 Å². The lowest BCUT2D eigenvalue weighted by molar-refractivity contribution is 0.0988. The summed E-state index contributed by atoms with van der Waals surface area (Å²) in [5, 5.41) is 0. The first-order valence-electron chi connectivity index (χ1n) is 7.79. The minimum Gasteiger partial charge on any atom is -0.377 e. The highest BCUT2D eigenvalue weighted by atomic mass is 16.5. The Hall–Kier alpha value is -1.02. The van der Waals surface area contributed by atoms with Crippen LogP contribution in [0.5, 0.6) is 0 Å². The summed E-state index contributed by atoms with van der Waals surface area (Å²) in [4.78, 5) is 2.52.